The molecule has 0 bridgehead atoms. The lowest BCUT2D eigenvalue weighted by atomic mass is 9.88. The first kappa shape index (κ1) is 17.2. The number of morpholine rings is 1. The fourth-order valence-corrected chi connectivity index (χ4v) is 3.84. The third-order valence-corrected chi connectivity index (χ3v) is 5.42. The normalized spacial score (nSPS) is 22.5. The molecule has 4 heterocycles. The van der Waals surface area contributed by atoms with Gasteiger partial charge in [0.05, 0.1) is 13.2 Å². The first-order chi connectivity index (χ1) is 12.6. The summed E-state index contributed by atoms with van der Waals surface area (Å²) in [6, 6.07) is 2.07. The Morgan fingerprint density at radius 3 is 2.50 bits per heavy atom. The molecule has 1 aromatic heterocycles. The summed E-state index contributed by atoms with van der Waals surface area (Å²) in [4.78, 5) is 30.8. The molecule has 4 rings (SSSR count). The fourth-order valence-electron chi connectivity index (χ4n) is 3.84. The van der Waals surface area contributed by atoms with Crippen molar-refractivity contribution in [2.75, 3.05) is 49.2 Å². The third kappa shape index (κ3) is 3.13. The van der Waals surface area contributed by atoms with Crippen LogP contribution in [0.25, 0.3) is 0 Å². The summed E-state index contributed by atoms with van der Waals surface area (Å²) in [5, 5.41) is 2.85. The summed E-state index contributed by atoms with van der Waals surface area (Å²) >= 11 is 0. The molecule has 0 aromatic carbocycles. The summed E-state index contributed by atoms with van der Waals surface area (Å²) in [5.74, 6) is 2.51. The quantitative estimate of drug-likeness (QED) is 0.859. The highest BCUT2D eigenvalue weighted by molar-refractivity contribution is 6.07. The number of aromatic nitrogens is 2. The van der Waals surface area contributed by atoms with E-state index in [1.165, 1.54) is 0 Å². The maximum absolute atomic E-state index is 12.3. The van der Waals surface area contributed by atoms with E-state index in [1.54, 1.807) is 0 Å². The summed E-state index contributed by atoms with van der Waals surface area (Å²) in [5.41, 5.74) is 0.470. The van der Waals surface area contributed by atoms with Crippen LogP contribution in [-0.4, -0.2) is 66.6 Å². The van der Waals surface area contributed by atoms with Gasteiger partial charge >= 0.3 is 0 Å². The minimum Gasteiger partial charge on any atom is -0.378 e. The van der Waals surface area contributed by atoms with Crippen molar-refractivity contribution in [3.05, 3.63) is 11.8 Å². The third-order valence-electron chi connectivity index (χ3n) is 5.42. The molecule has 1 N–H and O–H groups in total. The molecular weight excluding hydrogens is 332 g/mol. The molecule has 2 fully saturated rings. The average molecular weight is 358 g/mol. The van der Waals surface area contributed by atoms with Crippen molar-refractivity contribution in [1.29, 1.82) is 0 Å². The minimum atomic E-state index is -0.575. The van der Waals surface area contributed by atoms with Crippen LogP contribution in [0.1, 0.15) is 32.4 Å². The number of aryl methyl sites for hydroxylation is 1. The molecule has 3 aliphatic heterocycles. The number of hydrogen-bond donors (Lipinski definition) is 1. The van der Waals surface area contributed by atoms with Crippen LogP contribution in [0.2, 0.25) is 0 Å². The number of carbonyl (C=O) groups is 1. The molecule has 140 valence electrons. The Balaban J connectivity index is 1.53. The summed E-state index contributed by atoms with van der Waals surface area (Å²) in [6.45, 7) is 8.58. The van der Waals surface area contributed by atoms with Gasteiger partial charge in [0, 0.05) is 37.9 Å². The van der Waals surface area contributed by atoms with Crippen molar-refractivity contribution >= 4 is 23.5 Å². The van der Waals surface area contributed by atoms with Crippen molar-refractivity contribution < 1.29 is 9.53 Å². The lowest BCUT2D eigenvalue weighted by Crippen LogP contribution is -2.49. The molecule has 1 aromatic rings. The number of nitrogens with one attached hydrogen (secondary N) is 1. The van der Waals surface area contributed by atoms with Gasteiger partial charge in [-0.15, -0.1) is 0 Å². The van der Waals surface area contributed by atoms with Crippen molar-refractivity contribution in [2.24, 2.45) is 4.99 Å². The molecule has 0 unspecified atom stereocenters. The highest BCUT2D eigenvalue weighted by Gasteiger charge is 2.45. The number of hydrogen-bond acceptors (Lipinski definition) is 7. The Bertz CT molecular complexity index is 720. The Morgan fingerprint density at radius 1 is 1.15 bits per heavy atom. The number of anilines is 2. The van der Waals surface area contributed by atoms with E-state index in [9.17, 15) is 4.79 Å². The monoisotopic (exact) mass is 358 g/mol. The van der Waals surface area contributed by atoms with Crippen LogP contribution in [-0.2, 0) is 16.0 Å². The lowest BCUT2D eigenvalue weighted by Gasteiger charge is -2.36. The number of rotatable bonds is 3. The first-order valence-electron chi connectivity index (χ1n) is 9.43. The second kappa shape index (κ2) is 6.83. The number of ether oxygens (including phenoxy) is 1. The van der Waals surface area contributed by atoms with Gasteiger partial charge < -0.3 is 19.9 Å². The summed E-state index contributed by atoms with van der Waals surface area (Å²) < 4.78 is 5.44. The second-order valence-electron chi connectivity index (χ2n) is 7.14. The van der Waals surface area contributed by atoms with Crippen molar-refractivity contribution in [3.63, 3.8) is 0 Å². The summed E-state index contributed by atoms with van der Waals surface area (Å²) in [7, 11) is 0. The maximum atomic E-state index is 12.3. The Labute approximate surface area is 153 Å². The van der Waals surface area contributed by atoms with Crippen LogP contribution < -0.4 is 15.1 Å². The highest BCUT2D eigenvalue weighted by Crippen LogP contribution is 2.32. The van der Waals surface area contributed by atoms with Gasteiger partial charge in [0.1, 0.15) is 17.2 Å². The van der Waals surface area contributed by atoms with Crippen LogP contribution in [0.4, 0.5) is 11.8 Å². The zero-order valence-electron chi connectivity index (χ0n) is 15.5. The van der Waals surface area contributed by atoms with Crippen LogP contribution >= 0.6 is 0 Å². The zero-order chi connectivity index (χ0) is 18.1. The standard InChI is InChI=1S/C18H26N6O2/c1-3-14-12-15(21-17(20-14)24-8-10-26-11-9-24)23-6-4-18(5-7-23)16(25)19-13(2)22-18/h12H,3-11H2,1-2H3,(H,19,22,25). The average Bonchev–Trinajstić information content (AvgIpc) is 2.95. The van der Waals surface area contributed by atoms with E-state index in [4.69, 9.17) is 14.7 Å². The van der Waals surface area contributed by atoms with Crippen molar-refractivity contribution in [3.8, 4) is 0 Å². The van der Waals surface area contributed by atoms with E-state index in [2.05, 4.69) is 33.1 Å². The molecule has 0 aliphatic carbocycles. The SMILES string of the molecule is CCc1cc(N2CCC3(CC2)N=C(C)NC3=O)nc(N2CCOCC2)n1. The van der Waals surface area contributed by atoms with Gasteiger partial charge in [0.15, 0.2) is 0 Å². The van der Waals surface area contributed by atoms with E-state index >= 15 is 0 Å². The van der Waals surface area contributed by atoms with Gasteiger partial charge in [-0.1, -0.05) is 6.92 Å². The van der Waals surface area contributed by atoms with Gasteiger partial charge in [-0.3, -0.25) is 9.79 Å². The number of carbonyl (C=O) groups excluding carboxylic acids is 1. The first-order valence-corrected chi connectivity index (χ1v) is 9.43. The molecule has 1 spiro atoms. The second-order valence-corrected chi connectivity index (χ2v) is 7.14. The molecule has 8 nitrogen and oxygen atoms in total. The molecule has 26 heavy (non-hydrogen) atoms. The zero-order valence-corrected chi connectivity index (χ0v) is 15.5. The fraction of sp³-hybridized carbons (Fsp3) is 0.667. The number of amidine groups is 1. The Morgan fingerprint density at radius 2 is 1.88 bits per heavy atom. The number of piperidine rings is 1. The van der Waals surface area contributed by atoms with Gasteiger partial charge in [-0.25, -0.2) is 4.98 Å². The molecule has 2 saturated heterocycles. The van der Waals surface area contributed by atoms with Crippen molar-refractivity contribution in [2.45, 2.75) is 38.6 Å². The predicted octanol–water partition coefficient (Wildman–Crippen LogP) is 0.763. The largest absolute Gasteiger partial charge is 0.378 e. The van der Waals surface area contributed by atoms with Crippen LogP contribution in [0, 0.1) is 0 Å². The van der Waals surface area contributed by atoms with Crippen molar-refractivity contribution in [1.82, 2.24) is 15.3 Å². The molecule has 3 aliphatic rings. The molecule has 0 saturated carbocycles. The van der Waals surface area contributed by atoms with E-state index in [-0.39, 0.29) is 5.91 Å². The Hall–Kier alpha value is -2.22. The van der Waals surface area contributed by atoms with E-state index in [0.717, 1.165) is 55.9 Å². The van der Waals surface area contributed by atoms with E-state index < -0.39 is 5.54 Å². The van der Waals surface area contributed by atoms with Crippen LogP contribution in [0.15, 0.2) is 11.1 Å². The van der Waals surface area contributed by atoms with E-state index in [0.29, 0.717) is 26.1 Å². The van der Waals surface area contributed by atoms with Gasteiger partial charge in [-0.2, -0.15) is 4.98 Å². The molecular formula is C18H26N6O2. The number of aliphatic imine (C=N–C) groups is 1. The predicted molar refractivity (Wildman–Crippen MR) is 99.9 cm³/mol. The smallest absolute Gasteiger partial charge is 0.253 e. The number of amides is 1. The topological polar surface area (TPSA) is 83.0 Å². The maximum Gasteiger partial charge on any atom is 0.253 e. The molecule has 0 radical (unpaired) electrons. The van der Waals surface area contributed by atoms with Crippen LogP contribution in [0.3, 0.4) is 0 Å². The molecule has 8 heteroatoms. The van der Waals surface area contributed by atoms with Crippen LogP contribution in [0.5, 0.6) is 0 Å². The molecule has 0 atom stereocenters. The van der Waals surface area contributed by atoms with Gasteiger partial charge in [-0.05, 0) is 26.2 Å². The highest BCUT2D eigenvalue weighted by atomic mass is 16.5. The van der Waals surface area contributed by atoms with E-state index in [1.807, 2.05) is 6.92 Å². The summed E-state index contributed by atoms with van der Waals surface area (Å²) in [6.07, 6.45) is 2.31. The van der Waals surface area contributed by atoms with Gasteiger partial charge in [0.2, 0.25) is 5.95 Å². The molecule has 1 amide bonds. The lowest BCUT2D eigenvalue weighted by molar-refractivity contribution is -0.124. The Kier molecular flexibility index (Phi) is 4.52. The number of nitrogens with zero attached hydrogens (tertiary/aromatic N) is 5. The minimum absolute atomic E-state index is 0.0422. The van der Waals surface area contributed by atoms with Gasteiger partial charge in [0.25, 0.3) is 5.91 Å².